The van der Waals surface area contributed by atoms with Crippen LogP contribution in [0.4, 0.5) is 0 Å². The van der Waals surface area contributed by atoms with Gasteiger partial charge in [0.1, 0.15) is 0 Å². The average Bonchev–Trinajstić information content (AvgIpc) is 2.09. The van der Waals surface area contributed by atoms with Crippen LogP contribution in [0, 0.1) is 0 Å². The van der Waals surface area contributed by atoms with Gasteiger partial charge >= 0.3 is 0 Å². The normalized spacial score (nSPS) is 10.8. The Kier molecular flexibility index (Phi) is 3.22. The molecule has 4 heteroatoms. The third-order valence-corrected chi connectivity index (χ3v) is 1.38. The Morgan fingerprint density at radius 3 is 3.17 bits per heavy atom. The van der Waals surface area contributed by atoms with E-state index in [2.05, 4.69) is 9.97 Å². The van der Waals surface area contributed by atoms with Gasteiger partial charge in [0.25, 0.3) is 5.56 Å². The van der Waals surface area contributed by atoms with E-state index in [1.807, 2.05) is 6.08 Å². The number of hydrogen-bond acceptors (Lipinski definition) is 3. The summed E-state index contributed by atoms with van der Waals surface area (Å²) in [7, 11) is 0. The van der Waals surface area contributed by atoms with Gasteiger partial charge in [-0.25, -0.2) is 4.98 Å². The summed E-state index contributed by atoms with van der Waals surface area (Å²) in [5, 5.41) is 0. The molecule has 0 aliphatic carbocycles. The van der Waals surface area contributed by atoms with E-state index in [9.17, 15) is 4.79 Å². The summed E-state index contributed by atoms with van der Waals surface area (Å²) < 4.78 is 0. The van der Waals surface area contributed by atoms with E-state index < -0.39 is 0 Å². The smallest absolute Gasteiger partial charge is 0.257 e. The van der Waals surface area contributed by atoms with Gasteiger partial charge in [-0.05, 0) is 13.0 Å². The molecule has 0 aliphatic rings. The van der Waals surface area contributed by atoms with Crippen LogP contribution in [0.2, 0.25) is 0 Å². The van der Waals surface area contributed by atoms with Gasteiger partial charge in [0, 0.05) is 6.20 Å². The molecule has 0 aromatic carbocycles. The Labute approximate surface area is 70.1 Å². The Bertz CT molecular complexity index is 316. The van der Waals surface area contributed by atoms with Crippen LogP contribution in [0.1, 0.15) is 12.0 Å². The number of aromatic nitrogens is 2. The van der Waals surface area contributed by atoms with Crippen molar-refractivity contribution >= 4 is 6.08 Å². The van der Waals surface area contributed by atoms with E-state index in [0.29, 0.717) is 12.1 Å². The van der Waals surface area contributed by atoms with E-state index in [0.717, 1.165) is 6.42 Å². The first-order valence-corrected chi connectivity index (χ1v) is 3.74. The van der Waals surface area contributed by atoms with E-state index >= 15 is 0 Å². The number of nitrogens with zero attached hydrogens (tertiary/aromatic N) is 1. The van der Waals surface area contributed by atoms with Crippen LogP contribution in [0.15, 0.2) is 23.4 Å². The second kappa shape index (κ2) is 4.46. The maximum Gasteiger partial charge on any atom is 0.257 e. The lowest BCUT2D eigenvalue weighted by molar-refractivity contribution is 1.01. The highest BCUT2D eigenvalue weighted by atomic mass is 16.1. The maximum atomic E-state index is 11.0. The zero-order chi connectivity index (χ0) is 8.81. The predicted octanol–water partition coefficient (Wildman–Crippen LogP) is 0.132. The summed E-state index contributed by atoms with van der Waals surface area (Å²) in [5.41, 5.74) is 5.71. The number of aromatic amines is 1. The van der Waals surface area contributed by atoms with Crippen molar-refractivity contribution < 1.29 is 0 Å². The van der Waals surface area contributed by atoms with Crippen LogP contribution in [0.25, 0.3) is 6.08 Å². The molecule has 0 saturated heterocycles. The summed E-state index contributed by atoms with van der Waals surface area (Å²) in [6, 6.07) is 0. The van der Waals surface area contributed by atoms with Crippen LogP contribution >= 0.6 is 0 Å². The molecule has 0 bridgehead atoms. The SMILES string of the molecule is NCCC=Cc1cnc[nH]c1=O. The summed E-state index contributed by atoms with van der Waals surface area (Å²) in [6.45, 7) is 0.592. The Hall–Kier alpha value is -1.42. The van der Waals surface area contributed by atoms with Crippen LogP contribution in [0.5, 0.6) is 0 Å². The first-order valence-electron chi connectivity index (χ1n) is 3.74. The fourth-order valence-corrected chi connectivity index (χ4v) is 0.781. The molecule has 0 spiro atoms. The third-order valence-electron chi connectivity index (χ3n) is 1.38. The summed E-state index contributed by atoms with van der Waals surface area (Å²) in [5.74, 6) is 0. The van der Waals surface area contributed by atoms with Crippen molar-refractivity contribution in [2.45, 2.75) is 6.42 Å². The quantitative estimate of drug-likeness (QED) is 0.668. The van der Waals surface area contributed by atoms with Gasteiger partial charge in [-0.2, -0.15) is 0 Å². The minimum atomic E-state index is -0.127. The number of rotatable bonds is 3. The largest absolute Gasteiger partial charge is 0.330 e. The van der Waals surface area contributed by atoms with Crippen molar-refractivity contribution in [1.29, 1.82) is 0 Å². The number of hydrogen-bond donors (Lipinski definition) is 2. The van der Waals surface area contributed by atoms with Crippen LogP contribution in [-0.4, -0.2) is 16.5 Å². The van der Waals surface area contributed by atoms with Crippen LogP contribution in [0.3, 0.4) is 0 Å². The second-order valence-electron chi connectivity index (χ2n) is 2.32. The molecule has 0 atom stereocenters. The molecule has 1 heterocycles. The molecule has 0 aliphatic heterocycles. The van der Waals surface area contributed by atoms with E-state index in [4.69, 9.17) is 5.73 Å². The molecule has 1 aromatic rings. The lowest BCUT2D eigenvalue weighted by atomic mass is 10.3. The first kappa shape index (κ1) is 8.67. The van der Waals surface area contributed by atoms with E-state index in [-0.39, 0.29) is 5.56 Å². The second-order valence-corrected chi connectivity index (χ2v) is 2.32. The van der Waals surface area contributed by atoms with Gasteiger partial charge < -0.3 is 10.7 Å². The van der Waals surface area contributed by atoms with Crippen LogP contribution < -0.4 is 11.3 Å². The fraction of sp³-hybridized carbons (Fsp3) is 0.250. The molecule has 1 aromatic heterocycles. The number of H-pyrrole nitrogens is 1. The van der Waals surface area contributed by atoms with Gasteiger partial charge in [0.2, 0.25) is 0 Å². The minimum absolute atomic E-state index is 0.127. The zero-order valence-electron chi connectivity index (χ0n) is 6.66. The van der Waals surface area contributed by atoms with Crippen molar-refractivity contribution in [2.24, 2.45) is 5.73 Å². The summed E-state index contributed by atoms with van der Waals surface area (Å²) in [6.07, 6.45) is 7.23. The molecule has 0 radical (unpaired) electrons. The van der Waals surface area contributed by atoms with Gasteiger partial charge in [0.15, 0.2) is 0 Å². The summed E-state index contributed by atoms with van der Waals surface area (Å²) >= 11 is 0. The molecule has 4 nitrogen and oxygen atoms in total. The molecule has 0 unspecified atom stereocenters. The Morgan fingerprint density at radius 1 is 1.67 bits per heavy atom. The molecule has 12 heavy (non-hydrogen) atoms. The lowest BCUT2D eigenvalue weighted by Gasteiger charge is -1.89. The van der Waals surface area contributed by atoms with Gasteiger partial charge in [-0.15, -0.1) is 0 Å². The van der Waals surface area contributed by atoms with Crippen molar-refractivity contribution in [3.8, 4) is 0 Å². The highest BCUT2D eigenvalue weighted by Crippen LogP contribution is 1.91. The minimum Gasteiger partial charge on any atom is -0.330 e. The molecule has 1 rings (SSSR count). The Balaban J connectivity index is 2.76. The van der Waals surface area contributed by atoms with Crippen molar-refractivity contribution in [3.63, 3.8) is 0 Å². The predicted molar refractivity (Wildman–Crippen MR) is 47.6 cm³/mol. The van der Waals surface area contributed by atoms with E-state index in [1.165, 1.54) is 12.5 Å². The van der Waals surface area contributed by atoms with Crippen molar-refractivity contribution in [2.75, 3.05) is 6.54 Å². The maximum absolute atomic E-state index is 11.0. The monoisotopic (exact) mass is 165 g/mol. The fourth-order valence-electron chi connectivity index (χ4n) is 0.781. The van der Waals surface area contributed by atoms with Gasteiger partial charge in [-0.3, -0.25) is 4.79 Å². The highest BCUT2D eigenvalue weighted by molar-refractivity contribution is 5.45. The number of nitrogens with two attached hydrogens (primary N) is 1. The van der Waals surface area contributed by atoms with Crippen LogP contribution in [-0.2, 0) is 0 Å². The molecular weight excluding hydrogens is 154 g/mol. The highest BCUT2D eigenvalue weighted by Gasteiger charge is 1.90. The topological polar surface area (TPSA) is 71.8 Å². The van der Waals surface area contributed by atoms with Gasteiger partial charge in [0.05, 0.1) is 11.9 Å². The molecule has 0 saturated carbocycles. The molecule has 0 fully saturated rings. The third kappa shape index (κ3) is 2.32. The summed E-state index contributed by atoms with van der Waals surface area (Å²) in [4.78, 5) is 17.3. The molecule has 3 N–H and O–H groups in total. The average molecular weight is 165 g/mol. The molecule has 0 amide bonds. The zero-order valence-corrected chi connectivity index (χ0v) is 6.66. The number of nitrogens with one attached hydrogen (secondary N) is 1. The molecular formula is C8H11N3O. The molecule has 64 valence electrons. The first-order chi connectivity index (χ1) is 5.84. The van der Waals surface area contributed by atoms with Gasteiger partial charge in [-0.1, -0.05) is 12.2 Å². The van der Waals surface area contributed by atoms with Crippen molar-refractivity contribution in [3.05, 3.63) is 34.5 Å². The van der Waals surface area contributed by atoms with Crippen molar-refractivity contribution in [1.82, 2.24) is 9.97 Å². The Morgan fingerprint density at radius 2 is 2.50 bits per heavy atom. The lowest BCUT2D eigenvalue weighted by Crippen LogP contribution is -2.08. The standard InChI is InChI=1S/C8H11N3O/c9-4-2-1-3-7-5-10-6-11-8(7)12/h1,3,5-6H,2,4,9H2,(H,10,11,12). The van der Waals surface area contributed by atoms with E-state index in [1.54, 1.807) is 6.08 Å².